The molecule has 3 heterocycles. The average molecular weight is 459 g/mol. The van der Waals surface area contributed by atoms with Gasteiger partial charge in [-0.15, -0.1) is 0 Å². The predicted molar refractivity (Wildman–Crippen MR) is 124 cm³/mol. The molecule has 0 radical (unpaired) electrons. The van der Waals surface area contributed by atoms with Gasteiger partial charge in [-0.1, -0.05) is 6.92 Å². The number of aliphatic hydroxyl groups excluding tert-OH is 1. The zero-order valence-corrected chi connectivity index (χ0v) is 19.2. The van der Waals surface area contributed by atoms with Crippen molar-refractivity contribution in [2.45, 2.75) is 19.6 Å². The summed E-state index contributed by atoms with van der Waals surface area (Å²) in [5, 5.41) is 10.8. The van der Waals surface area contributed by atoms with Gasteiger partial charge < -0.3 is 28.9 Å². The molecule has 1 saturated heterocycles. The van der Waals surface area contributed by atoms with Crippen LogP contribution in [0.4, 0.5) is 5.95 Å². The lowest BCUT2D eigenvalue weighted by Crippen LogP contribution is -2.47. The largest absolute Gasteiger partial charge is 0.497 e. The van der Waals surface area contributed by atoms with Gasteiger partial charge >= 0.3 is 5.69 Å². The van der Waals surface area contributed by atoms with Crippen molar-refractivity contribution in [3.63, 3.8) is 0 Å². The molecule has 0 aliphatic carbocycles. The number of aromatic amines is 1. The third kappa shape index (κ3) is 4.74. The predicted octanol–water partition coefficient (Wildman–Crippen LogP) is 0.0137. The first kappa shape index (κ1) is 22.9. The number of benzene rings is 1. The molecule has 4 rings (SSSR count). The first-order chi connectivity index (χ1) is 15.9. The smallest absolute Gasteiger partial charge is 0.329 e. The molecule has 0 saturated carbocycles. The van der Waals surface area contributed by atoms with Gasteiger partial charge in [-0.2, -0.15) is 4.98 Å². The van der Waals surface area contributed by atoms with Crippen LogP contribution in [0.25, 0.3) is 11.2 Å². The number of aromatic nitrogens is 4. The number of nitrogens with zero attached hydrogens (tertiary/aromatic N) is 5. The van der Waals surface area contributed by atoms with E-state index in [1.54, 1.807) is 43.0 Å². The standard InChI is InChI=1S/C22H30N6O5/c1-4-26-9-11-27(12-10-26)21-23-19-18(20(30)24-22(31)25(19)2)28(21)13-15(29)14-33-17-7-5-16(32-3)6-8-17/h5-8,15,29H,4,9-14H2,1-3H3,(H,24,30,31)/t15-/m1/s1. The highest BCUT2D eigenvalue weighted by atomic mass is 16.5. The van der Waals surface area contributed by atoms with Gasteiger partial charge in [0, 0.05) is 33.2 Å². The number of methoxy groups -OCH3 is 1. The monoisotopic (exact) mass is 458 g/mol. The second-order valence-electron chi connectivity index (χ2n) is 8.07. The van der Waals surface area contributed by atoms with Gasteiger partial charge in [-0.05, 0) is 30.8 Å². The summed E-state index contributed by atoms with van der Waals surface area (Å²) in [6.45, 7) is 6.44. The third-order valence-electron chi connectivity index (χ3n) is 5.98. The molecule has 11 nitrogen and oxygen atoms in total. The highest BCUT2D eigenvalue weighted by Crippen LogP contribution is 2.22. The molecule has 1 atom stereocenters. The summed E-state index contributed by atoms with van der Waals surface area (Å²) in [5.41, 5.74) is -0.501. The fourth-order valence-electron chi connectivity index (χ4n) is 4.03. The molecule has 11 heteroatoms. The van der Waals surface area contributed by atoms with E-state index >= 15 is 0 Å². The molecule has 1 aromatic carbocycles. The highest BCUT2D eigenvalue weighted by molar-refractivity contribution is 5.74. The van der Waals surface area contributed by atoms with Crippen LogP contribution >= 0.6 is 0 Å². The van der Waals surface area contributed by atoms with E-state index in [1.165, 1.54) is 4.57 Å². The minimum absolute atomic E-state index is 0.0265. The zero-order valence-electron chi connectivity index (χ0n) is 19.2. The van der Waals surface area contributed by atoms with E-state index in [1.807, 2.05) is 0 Å². The molecule has 3 aromatic rings. The Morgan fingerprint density at radius 2 is 1.79 bits per heavy atom. The van der Waals surface area contributed by atoms with Crippen LogP contribution in [0.3, 0.4) is 0 Å². The van der Waals surface area contributed by atoms with Crippen LogP contribution in [0, 0.1) is 0 Å². The Morgan fingerprint density at radius 1 is 1.12 bits per heavy atom. The van der Waals surface area contributed by atoms with E-state index in [9.17, 15) is 14.7 Å². The Labute approximate surface area is 190 Å². The van der Waals surface area contributed by atoms with Crippen LogP contribution in [-0.4, -0.2) is 81.7 Å². The van der Waals surface area contributed by atoms with Crippen molar-refractivity contribution in [2.75, 3.05) is 51.3 Å². The molecule has 0 amide bonds. The van der Waals surface area contributed by atoms with Crippen LogP contribution < -0.4 is 25.6 Å². The van der Waals surface area contributed by atoms with Crippen molar-refractivity contribution in [1.82, 2.24) is 24.0 Å². The first-order valence-electron chi connectivity index (χ1n) is 11.0. The Hall–Kier alpha value is -3.31. The quantitative estimate of drug-likeness (QED) is 0.485. The number of fused-ring (bicyclic) bond motifs is 1. The van der Waals surface area contributed by atoms with Crippen molar-refractivity contribution in [3.8, 4) is 11.5 Å². The lowest BCUT2D eigenvalue weighted by atomic mass is 10.3. The number of rotatable bonds is 8. The van der Waals surface area contributed by atoms with Crippen LogP contribution in [0.15, 0.2) is 33.9 Å². The SMILES string of the molecule is CCN1CCN(c2nc3c(c(=O)[nH]c(=O)n3C)n2C[C@@H](O)COc2ccc(OC)cc2)CC1. The number of nitrogens with one attached hydrogen (secondary N) is 1. The summed E-state index contributed by atoms with van der Waals surface area (Å²) in [6.07, 6.45) is -0.906. The van der Waals surface area contributed by atoms with Crippen molar-refractivity contribution < 1.29 is 14.6 Å². The molecule has 1 aliphatic rings. The number of H-pyrrole nitrogens is 1. The number of hydrogen-bond acceptors (Lipinski definition) is 8. The summed E-state index contributed by atoms with van der Waals surface area (Å²) >= 11 is 0. The number of hydrogen-bond donors (Lipinski definition) is 2. The van der Waals surface area contributed by atoms with Gasteiger partial charge in [0.05, 0.1) is 13.7 Å². The molecule has 178 valence electrons. The van der Waals surface area contributed by atoms with Gasteiger partial charge in [0.2, 0.25) is 5.95 Å². The second kappa shape index (κ2) is 9.67. The Balaban J connectivity index is 1.61. The fourth-order valence-corrected chi connectivity index (χ4v) is 4.03. The summed E-state index contributed by atoms with van der Waals surface area (Å²) < 4.78 is 13.9. The molecule has 0 unspecified atom stereocenters. The van der Waals surface area contributed by atoms with E-state index < -0.39 is 17.4 Å². The minimum Gasteiger partial charge on any atom is -0.497 e. The van der Waals surface area contributed by atoms with Crippen LogP contribution in [-0.2, 0) is 13.6 Å². The fraction of sp³-hybridized carbons (Fsp3) is 0.500. The summed E-state index contributed by atoms with van der Waals surface area (Å²) in [6, 6.07) is 7.08. The van der Waals surface area contributed by atoms with Crippen molar-refractivity contribution in [1.29, 1.82) is 0 Å². The number of ether oxygens (including phenoxy) is 2. The molecule has 2 aromatic heterocycles. The Kier molecular flexibility index (Phi) is 6.70. The van der Waals surface area contributed by atoms with E-state index in [4.69, 9.17) is 9.47 Å². The van der Waals surface area contributed by atoms with Crippen molar-refractivity contribution in [3.05, 3.63) is 45.1 Å². The maximum absolute atomic E-state index is 12.7. The molecule has 0 bridgehead atoms. The number of aryl methyl sites for hydroxylation is 1. The number of imidazole rings is 1. The second-order valence-corrected chi connectivity index (χ2v) is 8.07. The number of likely N-dealkylation sites (N-methyl/N-ethyl adjacent to an activating group) is 1. The average Bonchev–Trinajstić information content (AvgIpc) is 3.21. The Morgan fingerprint density at radius 3 is 2.42 bits per heavy atom. The lowest BCUT2D eigenvalue weighted by Gasteiger charge is -2.35. The first-order valence-corrected chi connectivity index (χ1v) is 11.0. The number of aliphatic hydroxyl groups is 1. The molecular formula is C22H30N6O5. The highest BCUT2D eigenvalue weighted by Gasteiger charge is 2.25. The molecule has 33 heavy (non-hydrogen) atoms. The summed E-state index contributed by atoms with van der Waals surface area (Å²) in [5.74, 6) is 1.88. The molecule has 2 N–H and O–H groups in total. The number of anilines is 1. The van der Waals surface area contributed by atoms with E-state index in [2.05, 4.69) is 26.7 Å². The zero-order chi connectivity index (χ0) is 23.5. The minimum atomic E-state index is -0.906. The van der Waals surface area contributed by atoms with Crippen LogP contribution in [0.1, 0.15) is 6.92 Å². The molecular weight excluding hydrogens is 428 g/mol. The molecule has 1 aliphatic heterocycles. The van der Waals surface area contributed by atoms with E-state index in [0.29, 0.717) is 23.1 Å². The van der Waals surface area contributed by atoms with E-state index in [-0.39, 0.29) is 18.7 Å². The third-order valence-corrected chi connectivity index (χ3v) is 5.98. The summed E-state index contributed by atoms with van der Waals surface area (Å²) in [4.78, 5) is 36.2. The summed E-state index contributed by atoms with van der Waals surface area (Å²) in [7, 11) is 3.16. The topological polar surface area (TPSA) is 118 Å². The molecule has 0 spiro atoms. The van der Waals surface area contributed by atoms with Gasteiger partial charge in [0.1, 0.15) is 24.2 Å². The van der Waals surface area contributed by atoms with Gasteiger partial charge in [-0.25, -0.2) is 4.79 Å². The molecule has 1 fully saturated rings. The maximum Gasteiger partial charge on any atom is 0.329 e. The Bertz CT molecular complexity index is 1210. The lowest BCUT2D eigenvalue weighted by molar-refractivity contribution is 0.0935. The number of piperazine rings is 1. The van der Waals surface area contributed by atoms with Gasteiger partial charge in [-0.3, -0.25) is 14.3 Å². The van der Waals surface area contributed by atoms with E-state index in [0.717, 1.165) is 32.7 Å². The maximum atomic E-state index is 12.7. The van der Waals surface area contributed by atoms with Gasteiger partial charge in [0.15, 0.2) is 11.2 Å². The van der Waals surface area contributed by atoms with Crippen molar-refractivity contribution >= 4 is 17.1 Å². The van der Waals surface area contributed by atoms with Crippen LogP contribution in [0.2, 0.25) is 0 Å². The van der Waals surface area contributed by atoms with Crippen molar-refractivity contribution in [2.24, 2.45) is 7.05 Å². The normalized spacial score (nSPS) is 15.7. The van der Waals surface area contributed by atoms with Gasteiger partial charge in [0.25, 0.3) is 5.56 Å². The van der Waals surface area contributed by atoms with Crippen LogP contribution in [0.5, 0.6) is 11.5 Å².